The topological polar surface area (TPSA) is 119 Å². The van der Waals surface area contributed by atoms with Gasteiger partial charge in [-0.15, -0.1) is 0 Å². The maximum absolute atomic E-state index is 11.2. The second-order valence-corrected chi connectivity index (χ2v) is 5.60. The minimum Gasteiger partial charge on any atom is -0.478 e. The molecule has 8 heteroatoms. The lowest BCUT2D eigenvalue weighted by Gasteiger charge is -2.10. The van der Waals surface area contributed by atoms with Crippen LogP contribution in [0.2, 0.25) is 0 Å². The minimum atomic E-state index is -3.92. The number of primary sulfonamides is 1. The molecule has 0 spiro atoms. The number of hydrogen-bond acceptors (Lipinski definition) is 5. The van der Waals surface area contributed by atoms with Gasteiger partial charge in [0, 0.05) is 25.4 Å². The Kier molecular flexibility index (Phi) is 5.93. The number of aromatic carboxylic acids is 1. The van der Waals surface area contributed by atoms with Gasteiger partial charge in [-0.3, -0.25) is 0 Å². The molecule has 0 aliphatic rings. The Morgan fingerprint density at radius 3 is 2.70 bits per heavy atom. The van der Waals surface area contributed by atoms with Gasteiger partial charge in [0.15, 0.2) is 0 Å². The van der Waals surface area contributed by atoms with Crippen LogP contribution in [0.5, 0.6) is 0 Å². The van der Waals surface area contributed by atoms with E-state index in [9.17, 15) is 13.2 Å². The predicted molar refractivity (Wildman–Crippen MR) is 74.4 cm³/mol. The first-order chi connectivity index (χ1) is 9.36. The summed E-state index contributed by atoms with van der Waals surface area (Å²) in [6.45, 7) is 3.61. The number of ether oxygens (including phenoxy) is 1. The minimum absolute atomic E-state index is 0.132. The maximum atomic E-state index is 11.2. The molecule has 20 heavy (non-hydrogen) atoms. The smallest absolute Gasteiger partial charge is 0.337 e. The van der Waals surface area contributed by atoms with Crippen LogP contribution < -0.4 is 10.5 Å². The number of nitrogens with two attached hydrogens (primary N) is 1. The van der Waals surface area contributed by atoms with Crippen molar-refractivity contribution in [3.05, 3.63) is 23.8 Å². The van der Waals surface area contributed by atoms with Crippen LogP contribution in [-0.4, -0.2) is 39.3 Å². The average Bonchev–Trinajstić information content (AvgIpc) is 2.37. The van der Waals surface area contributed by atoms with Crippen molar-refractivity contribution in [2.45, 2.75) is 18.2 Å². The van der Waals surface area contributed by atoms with Crippen LogP contribution >= 0.6 is 0 Å². The molecule has 0 aliphatic carbocycles. The lowest BCUT2D eigenvalue weighted by Crippen LogP contribution is -2.15. The fourth-order valence-electron chi connectivity index (χ4n) is 1.57. The first-order valence-corrected chi connectivity index (χ1v) is 7.62. The number of benzene rings is 1. The van der Waals surface area contributed by atoms with Crippen LogP contribution in [0.15, 0.2) is 23.1 Å². The summed E-state index contributed by atoms with van der Waals surface area (Å²) >= 11 is 0. The monoisotopic (exact) mass is 302 g/mol. The Hall–Kier alpha value is -1.64. The van der Waals surface area contributed by atoms with Crippen molar-refractivity contribution in [2.75, 3.05) is 25.1 Å². The molecule has 4 N–H and O–H groups in total. The van der Waals surface area contributed by atoms with E-state index in [0.717, 1.165) is 6.07 Å². The number of nitrogens with one attached hydrogen (secondary N) is 1. The van der Waals surface area contributed by atoms with Crippen LogP contribution in [0.4, 0.5) is 5.69 Å². The van der Waals surface area contributed by atoms with Crippen LogP contribution in [0.3, 0.4) is 0 Å². The van der Waals surface area contributed by atoms with Crippen molar-refractivity contribution in [3.8, 4) is 0 Å². The van der Waals surface area contributed by atoms with E-state index in [4.69, 9.17) is 15.0 Å². The Morgan fingerprint density at radius 2 is 2.15 bits per heavy atom. The van der Waals surface area contributed by atoms with E-state index in [1.807, 2.05) is 6.92 Å². The molecule has 0 saturated carbocycles. The van der Waals surface area contributed by atoms with Gasteiger partial charge in [-0.25, -0.2) is 18.4 Å². The molecular formula is C12H18N2O5S. The highest BCUT2D eigenvalue weighted by Crippen LogP contribution is 2.20. The van der Waals surface area contributed by atoms with E-state index < -0.39 is 16.0 Å². The van der Waals surface area contributed by atoms with Gasteiger partial charge in [0.2, 0.25) is 10.0 Å². The molecule has 0 bridgehead atoms. The fourth-order valence-corrected chi connectivity index (χ4v) is 2.11. The zero-order valence-corrected chi connectivity index (χ0v) is 11.9. The van der Waals surface area contributed by atoms with E-state index in [1.165, 1.54) is 12.1 Å². The lowest BCUT2D eigenvalue weighted by atomic mass is 10.2. The summed E-state index contributed by atoms with van der Waals surface area (Å²) in [5.41, 5.74) is 0.217. The Bertz CT molecular complexity index is 571. The molecule has 0 radical (unpaired) electrons. The van der Waals surface area contributed by atoms with Crippen molar-refractivity contribution in [1.82, 2.24) is 0 Å². The number of hydrogen-bond donors (Lipinski definition) is 3. The molecule has 1 rings (SSSR count). The molecule has 0 saturated heterocycles. The van der Waals surface area contributed by atoms with E-state index in [-0.39, 0.29) is 10.5 Å². The van der Waals surface area contributed by atoms with Crippen molar-refractivity contribution < 1.29 is 23.1 Å². The van der Waals surface area contributed by atoms with Crippen molar-refractivity contribution in [2.24, 2.45) is 5.14 Å². The largest absolute Gasteiger partial charge is 0.478 e. The van der Waals surface area contributed by atoms with Gasteiger partial charge >= 0.3 is 5.97 Å². The Balaban J connectivity index is 2.83. The van der Waals surface area contributed by atoms with Crippen molar-refractivity contribution >= 4 is 21.7 Å². The van der Waals surface area contributed by atoms with Gasteiger partial charge in [0.25, 0.3) is 0 Å². The highest BCUT2D eigenvalue weighted by molar-refractivity contribution is 7.89. The summed E-state index contributed by atoms with van der Waals surface area (Å²) in [5.74, 6) is -1.22. The zero-order chi connectivity index (χ0) is 15.2. The summed E-state index contributed by atoms with van der Waals surface area (Å²) in [6, 6.07) is 3.71. The van der Waals surface area contributed by atoms with Gasteiger partial charge in [0.1, 0.15) is 0 Å². The molecule has 1 aromatic rings. The second-order valence-electron chi connectivity index (χ2n) is 4.03. The van der Waals surface area contributed by atoms with Gasteiger partial charge in [-0.1, -0.05) is 0 Å². The summed E-state index contributed by atoms with van der Waals surface area (Å²) < 4.78 is 27.6. The molecule has 0 amide bonds. The molecule has 7 nitrogen and oxygen atoms in total. The fraction of sp³-hybridized carbons (Fsp3) is 0.417. The van der Waals surface area contributed by atoms with Crippen LogP contribution in [-0.2, 0) is 14.8 Å². The predicted octanol–water partition coefficient (Wildman–Crippen LogP) is 0.871. The molecule has 112 valence electrons. The van der Waals surface area contributed by atoms with Gasteiger partial charge in [-0.2, -0.15) is 0 Å². The number of sulfonamides is 1. The van der Waals surface area contributed by atoms with Gasteiger partial charge in [-0.05, 0) is 31.5 Å². The maximum Gasteiger partial charge on any atom is 0.337 e. The highest BCUT2D eigenvalue weighted by Gasteiger charge is 2.15. The summed E-state index contributed by atoms with van der Waals surface area (Å²) in [5, 5.41) is 17.0. The summed E-state index contributed by atoms with van der Waals surface area (Å²) in [6.07, 6.45) is 0.712. The number of carboxylic acid groups (broad SMARTS) is 1. The molecule has 0 aromatic heterocycles. The third-order valence-corrected chi connectivity index (χ3v) is 3.45. The lowest BCUT2D eigenvalue weighted by molar-refractivity contribution is 0.0697. The van der Waals surface area contributed by atoms with Gasteiger partial charge < -0.3 is 15.2 Å². The number of carbonyl (C=O) groups is 1. The standard InChI is InChI=1S/C12H18N2O5S/c1-2-19-7-3-6-14-11-5-4-9(20(13,17)18)8-10(11)12(15)16/h4-5,8,14H,2-3,6-7H2,1H3,(H,15,16)(H2,13,17,18). The highest BCUT2D eigenvalue weighted by atomic mass is 32.2. The van der Waals surface area contributed by atoms with Crippen molar-refractivity contribution in [3.63, 3.8) is 0 Å². The summed E-state index contributed by atoms with van der Waals surface area (Å²) in [4.78, 5) is 10.9. The average molecular weight is 302 g/mol. The third kappa shape index (κ3) is 4.80. The summed E-state index contributed by atoms with van der Waals surface area (Å²) in [7, 11) is -3.92. The molecule has 0 aliphatic heterocycles. The normalized spacial score (nSPS) is 11.3. The number of anilines is 1. The SMILES string of the molecule is CCOCCCNc1ccc(S(N)(=O)=O)cc1C(=O)O. The molecule has 0 heterocycles. The molecule has 0 fully saturated rings. The second kappa shape index (κ2) is 7.22. The van der Waals surface area contributed by atoms with Crippen LogP contribution in [0, 0.1) is 0 Å². The zero-order valence-electron chi connectivity index (χ0n) is 11.1. The Labute approximate surface area is 117 Å². The van der Waals surface area contributed by atoms with Crippen LogP contribution in [0.25, 0.3) is 0 Å². The number of carboxylic acids is 1. The number of rotatable bonds is 8. The van der Waals surface area contributed by atoms with E-state index in [0.29, 0.717) is 31.9 Å². The molecule has 0 unspecified atom stereocenters. The van der Waals surface area contributed by atoms with E-state index in [1.54, 1.807) is 0 Å². The van der Waals surface area contributed by atoms with E-state index >= 15 is 0 Å². The Morgan fingerprint density at radius 1 is 1.45 bits per heavy atom. The van der Waals surface area contributed by atoms with Gasteiger partial charge in [0.05, 0.1) is 10.5 Å². The first-order valence-electron chi connectivity index (χ1n) is 6.08. The third-order valence-electron chi connectivity index (χ3n) is 2.54. The van der Waals surface area contributed by atoms with Crippen molar-refractivity contribution in [1.29, 1.82) is 0 Å². The first kappa shape index (κ1) is 16.4. The van der Waals surface area contributed by atoms with Crippen LogP contribution in [0.1, 0.15) is 23.7 Å². The molecule has 0 atom stereocenters. The quantitative estimate of drug-likeness (QED) is 0.613. The molecule has 1 aromatic carbocycles. The molecular weight excluding hydrogens is 284 g/mol. The van der Waals surface area contributed by atoms with E-state index in [2.05, 4.69) is 5.32 Å².